The number of benzene rings is 1. The molecular weight excluding hydrogens is 284 g/mol. The Hall–Kier alpha value is -1.88. The number of H-pyrrole nitrogens is 1. The maximum atomic E-state index is 10.4. The molecule has 0 saturated carbocycles. The highest BCUT2D eigenvalue weighted by Gasteiger charge is 2.01. The van der Waals surface area contributed by atoms with Crippen LogP contribution in [-0.2, 0) is 4.79 Å². The lowest BCUT2D eigenvalue weighted by atomic mass is 10.2. The van der Waals surface area contributed by atoms with Crippen LogP contribution in [0.5, 0.6) is 0 Å². The van der Waals surface area contributed by atoms with Crippen LogP contribution in [0.4, 0.5) is 0 Å². The van der Waals surface area contributed by atoms with Gasteiger partial charge in [-0.05, 0) is 23.8 Å². The number of hydrogen-bond donors (Lipinski definition) is 2. The van der Waals surface area contributed by atoms with Crippen molar-refractivity contribution in [3.05, 3.63) is 46.8 Å². The van der Waals surface area contributed by atoms with Gasteiger partial charge in [-0.25, -0.2) is 9.78 Å². The van der Waals surface area contributed by atoms with Crippen molar-refractivity contribution < 1.29 is 9.90 Å². The molecule has 0 bridgehead atoms. The molecule has 1 heterocycles. The number of halogens is 1. The molecule has 0 aliphatic heterocycles. The molecule has 0 aliphatic rings. The summed E-state index contributed by atoms with van der Waals surface area (Å²) >= 11 is 3.36. The summed E-state index contributed by atoms with van der Waals surface area (Å²) in [7, 11) is 0. The van der Waals surface area contributed by atoms with E-state index < -0.39 is 5.97 Å². The van der Waals surface area contributed by atoms with E-state index in [0.29, 0.717) is 5.82 Å². The Balaban J connectivity index is 2.23. The molecule has 2 N–H and O–H groups in total. The van der Waals surface area contributed by atoms with E-state index in [-0.39, 0.29) is 0 Å². The van der Waals surface area contributed by atoms with Gasteiger partial charge in [-0.3, -0.25) is 0 Å². The van der Waals surface area contributed by atoms with Crippen molar-refractivity contribution in [1.82, 2.24) is 9.97 Å². The fourth-order valence-electron chi connectivity index (χ4n) is 1.35. The highest BCUT2D eigenvalue weighted by molar-refractivity contribution is 9.10. The fraction of sp³-hybridized carbons (Fsp3) is 0. The normalized spacial score (nSPS) is 10.9. The summed E-state index contributed by atoms with van der Waals surface area (Å²) in [4.78, 5) is 17.5. The minimum absolute atomic E-state index is 0.519. The van der Waals surface area contributed by atoms with E-state index in [1.165, 1.54) is 6.08 Å². The molecule has 17 heavy (non-hydrogen) atoms. The Morgan fingerprint density at radius 3 is 2.71 bits per heavy atom. The molecular formula is C12H9BrN2O2. The molecule has 0 amide bonds. The molecule has 0 atom stereocenters. The minimum Gasteiger partial charge on any atom is -0.478 e. The van der Waals surface area contributed by atoms with Gasteiger partial charge in [0.2, 0.25) is 0 Å². The van der Waals surface area contributed by atoms with Gasteiger partial charge in [0.05, 0.1) is 11.9 Å². The third-order valence-corrected chi connectivity index (χ3v) is 2.66. The van der Waals surface area contributed by atoms with Crippen molar-refractivity contribution in [2.24, 2.45) is 0 Å². The predicted octanol–water partition coefficient (Wildman–Crippen LogP) is 2.94. The van der Waals surface area contributed by atoms with Gasteiger partial charge >= 0.3 is 5.97 Å². The van der Waals surface area contributed by atoms with Crippen LogP contribution in [0, 0.1) is 0 Å². The number of carbonyl (C=O) groups is 1. The number of carboxylic acids is 1. The fourth-order valence-corrected chi connectivity index (χ4v) is 1.61. The molecule has 2 rings (SSSR count). The van der Waals surface area contributed by atoms with Gasteiger partial charge in [0, 0.05) is 10.5 Å². The van der Waals surface area contributed by atoms with Gasteiger partial charge in [-0.1, -0.05) is 28.1 Å². The van der Waals surface area contributed by atoms with E-state index in [0.717, 1.165) is 21.8 Å². The average molecular weight is 293 g/mol. The Kier molecular flexibility index (Phi) is 3.39. The van der Waals surface area contributed by atoms with Crippen molar-refractivity contribution >= 4 is 28.0 Å². The second-order valence-corrected chi connectivity index (χ2v) is 4.28. The summed E-state index contributed by atoms with van der Waals surface area (Å²) in [6.45, 7) is 0. The Labute approximate surface area is 106 Å². The maximum absolute atomic E-state index is 10.4. The highest BCUT2D eigenvalue weighted by atomic mass is 79.9. The lowest BCUT2D eigenvalue weighted by Gasteiger charge is -1.96. The smallest absolute Gasteiger partial charge is 0.328 e. The molecule has 1 aromatic heterocycles. The highest BCUT2D eigenvalue weighted by Crippen LogP contribution is 2.20. The summed E-state index contributed by atoms with van der Waals surface area (Å²) in [6.07, 6.45) is 4.14. The monoisotopic (exact) mass is 292 g/mol. The largest absolute Gasteiger partial charge is 0.478 e. The second-order valence-electron chi connectivity index (χ2n) is 3.36. The first-order valence-electron chi connectivity index (χ1n) is 4.87. The number of hydrogen-bond acceptors (Lipinski definition) is 2. The van der Waals surface area contributed by atoms with Gasteiger partial charge < -0.3 is 10.1 Å². The van der Waals surface area contributed by atoms with E-state index in [9.17, 15) is 4.79 Å². The number of imidazole rings is 1. The Morgan fingerprint density at radius 1 is 1.35 bits per heavy atom. The second kappa shape index (κ2) is 4.97. The number of aliphatic carboxylic acids is 1. The Bertz CT molecular complexity index is 558. The van der Waals surface area contributed by atoms with Crippen LogP contribution in [-0.4, -0.2) is 21.0 Å². The molecule has 2 aromatic rings. The molecule has 1 aromatic carbocycles. The zero-order valence-electron chi connectivity index (χ0n) is 8.72. The van der Waals surface area contributed by atoms with Crippen LogP contribution in [0.3, 0.4) is 0 Å². The van der Waals surface area contributed by atoms with Crippen molar-refractivity contribution in [3.63, 3.8) is 0 Å². The average Bonchev–Trinajstić information content (AvgIpc) is 2.76. The van der Waals surface area contributed by atoms with E-state index in [1.807, 2.05) is 24.3 Å². The standard InChI is InChI=1S/C12H9BrN2O2/c13-9-3-1-8(2-4-9)10-7-14-11(15-10)5-6-12(16)17/h1-7H,(H,14,15)(H,16,17)/b6-5+. The molecule has 0 aliphatic carbocycles. The summed E-state index contributed by atoms with van der Waals surface area (Å²) in [5.41, 5.74) is 1.85. The van der Waals surface area contributed by atoms with Crippen LogP contribution in [0.25, 0.3) is 17.3 Å². The first-order chi connectivity index (χ1) is 8.15. The molecule has 0 spiro atoms. The summed E-state index contributed by atoms with van der Waals surface area (Å²) in [5.74, 6) is -0.475. The van der Waals surface area contributed by atoms with Gasteiger partial charge in [-0.2, -0.15) is 0 Å². The van der Waals surface area contributed by atoms with E-state index in [4.69, 9.17) is 5.11 Å². The van der Waals surface area contributed by atoms with E-state index in [1.54, 1.807) is 6.20 Å². The lowest BCUT2D eigenvalue weighted by Crippen LogP contribution is -1.86. The van der Waals surface area contributed by atoms with Gasteiger partial charge in [0.1, 0.15) is 5.82 Å². The van der Waals surface area contributed by atoms with Crippen LogP contribution in [0.2, 0.25) is 0 Å². The van der Waals surface area contributed by atoms with Crippen molar-refractivity contribution in [2.45, 2.75) is 0 Å². The van der Waals surface area contributed by atoms with Crippen LogP contribution >= 0.6 is 15.9 Å². The third-order valence-electron chi connectivity index (χ3n) is 2.13. The molecule has 86 valence electrons. The first kappa shape index (κ1) is 11.6. The molecule has 4 nitrogen and oxygen atoms in total. The number of aromatic amines is 1. The van der Waals surface area contributed by atoms with Crippen molar-refractivity contribution in [3.8, 4) is 11.3 Å². The summed E-state index contributed by atoms with van der Waals surface area (Å²) in [6, 6.07) is 7.76. The summed E-state index contributed by atoms with van der Waals surface area (Å²) < 4.78 is 1.01. The number of carboxylic acid groups (broad SMARTS) is 1. The molecule has 0 saturated heterocycles. The van der Waals surface area contributed by atoms with Gasteiger partial charge in [0.25, 0.3) is 0 Å². The summed E-state index contributed by atoms with van der Waals surface area (Å²) in [5, 5.41) is 8.50. The van der Waals surface area contributed by atoms with Crippen LogP contribution in [0.15, 0.2) is 41.0 Å². The molecule has 0 unspecified atom stereocenters. The minimum atomic E-state index is -0.994. The van der Waals surface area contributed by atoms with Crippen LogP contribution in [0.1, 0.15) is 5.82 Å². The zero-order valence-corrected chi connectivity index (χ0v) is 10.3. The van der Waals surface area contributed by atoms with Gasteiger partial charge in [-0.15, -0.1) is 0 Å². The SMILES string of the molecule is O=C(O)/C=C/c1ncc(-c2ccc(Br)cc2)[nH]1. The maximum Gasteiger partial charge on any atom is 0.328 e. The molecule has 0 fully saturated rings. The number of aromatic nitrogens is 2. The van der Waals surface area contributed by atoms with Crippen molar-refractivity contribution in [1.29, 1.82) is 0 Å². The van der Waals surface area contributed by atoms with E-state index in [2.05, 4.69) is 25.9 Å². The number of nitrogens with zero attached hydrogens (tertiary/aromatic N) is 1. The lowest BCUT2D eigenvalue weighted by molar-refractivity contribution is -0.131. The number of nitrogens with one attached hydrogen (secondary N) is 1. The molecule has 0 radical (unpaired) electrons. The topological polar surface area (TPSA) is 66.0 Å². The third kappa shape index (κ3) is 3.04. The predicted molar refractivity (Wildman–Crippen MR) is 68.4 cm³/mol. The number of rotatable bonds is 3. The molecule has 5 heteroatoms. The quantitative estimate of drug-likeness (QED) is 0.855. The zero-order chi connectivity index (χ0) is 12.3. The van der Waals surface area contributed by atoms with Crippen LogP contribution < -0.4 is 0 Å². The Morgan fingerprint density at radius 2 is 2.06 bits per heavy atom. The first-order valence-corrected chi connectivity index (χ1v) is 5.66. The van der Waals surface area contributed by atoms with Crippen molar-refractivity contribution in [2.75, 3.05) is 0 Å². The van der Waals surface area contributed by atoms with E-state index >= 15 is 0 Å². The van der Waals surface area contributed by atoms with Gasteiger partial charge in [0.15, 0.2) is 0 Å².